The van der Waals surface area contributed by atoms with Crippen molar-refractivity contribution in [1.29, 1.82) is 5.26 Å². The highest BCUT2D eigenvalue weighted by molar-refractivity contribution is 7.16. The molecule has 0 bridgehead atoms. The smallest absolute Gasteiger partial charge is 0.226 e. The fourth-order valence-electron chi connectivity index (χ4n) is 3.82. The Morgan fingerprint density at radius 3 is 2.86 bits per heavy atom. The molecule has 5 heteroatoms. The summed E-state index contributed by atoms with van der Waals surface area (Å²) in [6, 6.07) is 17.1. The highest BCUT2D eigenvalue weighted by Gasteiger charge is 2.23. The van der Waals surface area contributed by atoms with Crippen molar-refractivity contribution in [2.45, 2.75) is 32.2 Å². The second kappa shape index (κ2) is 8.14. The van der Waals surface area contributed by atoms with Gasteiger partial charge in [-0.15, -0.1) is 11.3 Å². The number of nitriles is 1. The lowest BCUT2D eigenvalue weighted by molar-refractivity contribution is -0.116. The van der Waals surface area contributed by atoms with Crippen LogP contribution in [0.4, 0.5) is 5.00 Å². The predicted molar refractivity (Wildman–Crippen MR) is 115 cm³/mol. The number of benzene rings is 2. The van der Waals surface area contributed by atoms with Gasteiger partial charge in [0.2, 0.25) is 5.91 Å². The van der Waals surface area contributed by atoms with E-state index in [0.29, 0.717) is 18.5 Å². The molecule has 0 saturated heterocycles. The van der Waals surface area contributed by atoms with E-state index in [2.05, 4.69) is 52.7 Å². The topological polar surface area (TPSA) is 56.1 Å². The molecule has 3 aromatic rings. The Morgan fingerprint density at radius 2 is 2.04 bits per heavy atom. The quantitative estimate of drug-likeness (QED) is 0.663. The molecule has 1 aliphatic rings. The average Bonchev–Trinajstić information content (AvgIpc) is 3.27. The maximum atomic E-state index is 12.4. The second-order valence-corrected chi connectivity index (χ2v) is 8.50. The molecule has 2 aromatic carbocycles. The number of rotatable bonds is 6. The van der Waals surface area contributed by atoms with Gasteiger partial charge in [0.1, 0.15) is 11.1 Å². The molecule has 28 heavy (non-hydrogen) atoms. The van der Waals surface area contributed by atoms with E-state index in [-0.39, 0.29) is 5.91 Å². The molecule has 4 nitrogen and oxygen atoms in total. The minimum Gasteiger partial charge on any atom is -0.317 e. The van der Waals surface area contributed by atoms with Crippen LogP contribution in [0.25, 0.3) is 10.8 Å². The molecule has 0 saturated carbocycles. The van der Waals surface area contributed by atoms with E-state index in [0.717, 1.165) is 36.4 Å². The molecular weight excluding hydrogens is 366 g/mol. The van der Waals surface area contributed by atoms with E-state index in [4.69, 9.17) is 0 Å². The molecule has 1 heterocycles. The standard InChI is InChI=1S/C23H23N3OS/c1-26(15-16-9-10-17-5-2-3-6-18(17)13-16)12-11-22(27)25-23-20(14-24)19-7-4-8-21(19)28-23/h2-3,5-6,9-10,13H,4,7-8,11-12,15H2,1H3,(H,25,27). The van der Waals surface area contributed by atoms with Gasteiger partial charge >= 0.3 is 0 Å². The zero-order valence-electron chi connectivity index (χ0n) is 16.0. The zero-order valence-corrected chi connectivity index (χ0v) is 16.8. The first kappa shape index (κ1) is 18.7. The summed E-state index contributed by atoms with van der Waals surface area (Å²) < 4.78 is 0. The number of carbonyl (C=O) groups is 1. The van der Waals surface area contributed by atoms with Crippen molar-refractivity contribution in [3.05, 3.63) is 64.0 Å². The van der Waals surface area contributed by atoms with Gasteiger partial charge in [-0.3, -0.25) is 4.79 Å². The Hall–Kier alpha value is -2.68. The number of amides is 1. The Balaban J connectivity index is 1.32. The first-order valence-corrected chi connectivity index (χ1v) is 10.5. The van der Waals surface area contributed by atoms with E-state index < -0.39 is 0 Å². The number of hydrogen-bond acceptors (Lipinski definition) is 4. The van der Waals surface area contributed by atoms with Crippen molar-refractivity contribution < 1.29 is 4.79 Å². The molecule has 0 radical (unpaired) electrons. The van der Waals surface area contributed by atoms with Gasteiger partial charge in [0.15, 0.2) is 0 Å². The third kappa shape index (κ3) is 3.94. The van der Waals surface area contributed by atoms with Gasteiger partial charge in [-0.25, -0.2) is 0 Å². The summed E-state index contributed by atoms with van der Waals surface area (Å²) in [6.07, 6.45) is 3.51. The zero-order chi connectivity index (χ0) is 19.5. The first-order chi connectivity index (χ1) is 13.6. The number of anilines is 1. The molecule has 0 unspecified atom stereocenters. The van der Waals surface area contributed by atoms with Crippen LogP contribution in [0.3, 0.4) is 0 Å². The predicted octanol–water partition coefficient (Wildman–Crippen LogP) is 4.72. The van der Waals surface area contributed by atoms with Gasteiger partial charge < -0.3 is 10.2 Å². The minimum atomic E-state index is -0.0261. The summed E-state index contributed by atoms with van der Waals surface area (Å²) >= 11 is 1.57. The Bertz CT molecular complexity index is 1060. The molecule has 1 N–H and O–H groups in total. The Morgan fingerprint density at radius 1 is 1.21 bits per heavy atom. The number of fused-ring (bicyclic) bond motifs is 2. The van der Waals surface area contributed by atoms with Crippen LogP contribution in [0.2, 0.25) is 0 Å². The second-order valence-electron chi connectivity index (χ2n) is 7.39. The number of nitrogens with one attached hydrogen (secondary N) is 1. The van der Waals surface area contributed by atoms with E-state index >= 15 is 0 Å². The highest BCUT2D eigenvalue weighted by atomic mass is 32.1. The van der Waals surface area contributed by atoms with E-state index in [9.17, 15) is 10.1 Å². The van der Waals surface area contributed by atoms with Crippen LogP contribution >= 0.6 is 11.3 Å². The van der Waals surface area contributed by atoms with Gasteiger partial charge in [-0.1, -0.05) is 36.4 Å². The number of thiophene rings is 1. The average molecular weight is 390 g/mol. The normalized spacial score (nSPS) is 12.9. The van der Waals surface area contributed by atoms with Crippen LogP contribution < -0.4 is 5.32 Å². The lowest BCUT2D eigenvalue weighted by Gasteiger charge is -2.16. The molecule has 0 spiro atoms. The number of hydrogen-bond donors (Lipinski definition) is 1. The third-order valence-electron chi connectivity index (χ3n) is 5.27. The van der Waals surface area contributed by atoms with Crippen molar-refractivity contribution >= 4 is 33.0 Å². The van der Waals surface area contributed by atoms with Crippen molar-refractivity contribution in [3.63, 3.8) is 0 Å². The molecule has 1 amide bonds. The minimum absolute atomic E-state index is 0.0261. The maximum Gasteiger partial charge on any atom is 0.226 e. The van der Waals surface area contributed by atoms with Gasteiger partial charge in [-0.2, -0.15) is 5.26 Å². The largest absolute Gasteiger partial charge is 0.317 e. The summed E-state index contributed by atoms with van der Waals surface area (Å²) in [5.41, 5.74) is 3.06. The van der Waals surface area contributed by atoms with Crippen LogP contribution in [0.1, 0.15) is 34.4 Å². The van der Waals surface area contributed by atoms with Crippen LogP contribution in [0.5, 0.6) is 0 Å². The molecule has 1 aromatic heterocycles. The molecule has 142 valence electrons. The number of nitrogens with zero attached hydrogens (tertiary/aromatic N) is 2. The van der Waals surface area contributed by atoms with Crippen LogP contribution in [0.15, 0.2) is 42.5 Å². The van der Waals surface area contributed by atoms with Gasteiger partial charge in [0.05, 0.1) is 5.56 Å². The molecule has 0 aliphatic heterocycles. The van der Waals surface area contributed by atoms with E-state index in [1.54, 1.807) is 11.3 Å². The lowest BCUT2D eigenvalue weighted by atomic mass is 10.1. The molecule has 0 fully saturated rings. The van der Waals surface area contributed by atoms with Crippen LogP contribution in [-0.4, -0.2) is 24.4 Å². The van der Waals surface area contributed by atoms with Crippen molar-refractivity contribution in [3.8, 4) is 6.07 Å². The lowest BCUT2D eigenvalue weighted by Crippen LogP contribution is -2.24. The molecular formula is C23H23N3OS. The number of aryl methyl sites for hydroxylation is 1. The SMILES string of the molecule is CN(CCC(=O)Nc1sc2c(c1C#N)CCC2)Cc1ccc2ccccc2c1. The summed E-state index contributed by atoms with van der Waals surface area (Å²) in [5.74, 6) is -0.0261. The third-order valence-corrected chi connectivity index (χ3v) is 6.48. The fourth-order valence-corrected chi connectivity index (χ4v) is 5.08. The number of carbonyl (C=O) groups excluding carboxylic acids is 1. The highest BCUT2D eigenvalue weighted by Crippen LogP contribution is 2.38. The molecule has 0 atom stereocenters. The van der Waals surface area contributed by atoms with Crippen LogP contribution in [0, 0.1) is 11.3 Å². The maximum absolute atomic E-state index is 12.4. The van der Waals surface area contributed by atoms with Gasteiger partial charge in [0.25, 0.3) is 0 Å². The summed E-state index contributed by atoms with van der Waals surface area (Å²) in [5, 5.41) is 15.6. The summed E-state index contributed by atoms with van der Waals surface area (Å²) in [7, 11) is 2.03. The van der Waals surface area contributed by atoms with Crippen LogP contribution in [-0.2, 0) is 24.2 Å². The van der Waals surface area contributed by atoms with Crippen molar-refractivity contribution in [2.75, 3.05) is 18.9 Å². The summed E-state index contributed by atoms with van der Waals surface area (Å²) in [4.78, 5) is 15.8. The Labute approximate surface area is 169 Å². The van der Waals surface area contributed by atoms with E-state index in [1.165, 1.54) is 21.2 Å². The van der Waals surface area contributed by atoms with Gasteiger partial charge in [0, 0.05) is 24.4 Å². The van der Waals surface area contributed by atoms with Gasteiger partial charge in [-0.05, 0) is 54.3 Å². The monoisotopic (exact) mass is 389 g/mol. The first-order valence-electron chi connectivity index (χ1n) is 9.65. The molecule has 1 aliphatic carbocycles. The van der Waals surface area contributed by atoms with Crippen molar-refractivity contribution in [2.24, 2.45) is 0 Å². The van der Waals surface area contributed by atoms with Crippen molar-refractivity contribution in [1.82, 2.24) is 4.90 Å². The summed E-state index contributed by atoms with van der Waals surface area (Å²) in [6.45, 7) is 1.47. The van der Waals surface area contributed by atoms with E-state index in [1.807, 2.05) is 13.1 Å². The molecule has 4 rings (SSSR count). The fraction of sp³-hybridized carbons (Fsp3) is 0.304. The Kier molecular flexibility index (Phi) is 5.43.